The zero-order chi connectivity index (χ0) is 18.0. The van der Waals surface area contributed by atoms with Crippen molar-refractivity contribution in [3.63, 3.8) is 0 Å². The van der Waals surface area contributed by atoms with Crippen LogP contribution in [0.4, 0.5) is 0 Å². The lowest BCUT2D eigenvalue weighted by Gasteiger charge is -2.13. The van der Waals surface area contributed by atoms with Crippen LogP contribution in [-0.4, -0.2) is 14.1 Å². The van der Waals surface area contributed by atoms with Crippen LogP contribution in [0.1, 0.15) is 64.2 Å². The van der Waals surface area contributed by atoms with Crippen molar-refractivity contribution >= 4 is 15.8 Å². The second-order valence-electron chi connectivity index (χ2n) is 6.54. The molecule has 25 heavy (non-hydrogen) atoms. The minimum Gasteiger partial charge on any atom is -0.265 e. The molecule has 0 aromatic heterocycles. The van der Waals surface area contributed by atoms with Crippen LogP contribution in [0.3, 0.4) is 0 Å². The van der Waals surface area contributed by atoms with Gasteiger partial charge in [-0.15, -0.1) is 0 Å². The van der Waals surface area contributed by atoms with Crippen molar-refractivity contribution in [2.45, 2.75) is 69.1 Å². The number of nitrogens with zero attached hydrogens (tertiary/aromatic N) is 2. The van der Waals surface area contributed by atoms with Crippen molar-refractivity contribution in [3.8, 4) is 6.07 Å². The van der Waals surface area contributed by atoms with E-state index in [4.69, 9.17) is 4.28 Å². The largest absolute Gasteiger partial charge is 0.358 e. The van der Waals surface area contributed by atoms with E-state index < -0.39 is 10.1 Å². The van der Waals surface area contributed by atoms with Crippen LogP contribution in [0.15, 0.2) is 40.4 Å². The van der Waals surface area contributed by atoms with Crippen molar-refractivity contribution in [1.82, 2.24) is 0 Å². The summed E-state index contributed by atoms with van der Waals surface area (Å²) in [7, 11) is -3.90. The molecule has 1 fully saturated rings. The zero-order valence-corrected chi connectivity index (χ0v) is 15.4. The highest BCUT2D eigenvalue weighted by molar-refractivity contribution is 7.86. The van der Waals surface area contributed by atoms with Crippen LogP contribution in [0, 0.1) is 17.2 Å². The van der Waals surface area contributed by atoms with E-state index in [-0.39, 0.29) is 10.8 Å². The molecule has 6 heteroatoms. The van der Waals surface area contributed by atoms with Crippen molar-refractivity contribution in [2.75, 3.05) is 0 Å². The Bertz CT molecular complexity index is 693. The molecule has 1 aliphatic rings. The smallest absolute Gasteiger partial charge is 0.265 e. The second-order valence-corrected chi connectivity index (χ2v) is 8.07. The van der Waals surface area contributed by atoms with E-state index in [1.54, 1.807) is 18.2 Å². The van der Waals surface area contributed by atoms with Gasteiger partial charge in [0.1, 0.15) is 4.90 Å². The maximum absolute atomic E-state index is 12.2. The summed E-state index contributed by atoms with van der Waals surface area (Å²) in [5.41, 5.74) is 0.673. The van der Waals surface area contributed by atoms with E-state index in [1.165, 1.54) is 31.4 Å². The van der Waals surface area contributed by atoms with E-state index in [2.05, 4.69) is 11.2 Å². The van der Waals surface area contributed by atoms with E-state index >= 15 is 0 Å². The Labute approximate surface area is 150 Å². The molecule has 0 radical (unpaired) electrons. The van der Waals surface area contributed by atoms with E-state index in [0.717, 1.165) is 32.1 Å². The molecule has 0 heterocycles. The highest BCUT2D eigenvalue weighted by atomic mass is 32.2. The molecule has 1 aliphatic carbocycles. The Hall–Kier alpha value is -1.87. The van der Waals surface area contributed by atoms with Crippen LogP contribution >= 0.6 is 0 Å². The molecule has 1 saturated carbocycles. The molecule has 5 nitrogen and oxygen atoms in total. The first-order valence-corrected chi connectivity index (χ1v) is 10.5. The van der Waals surface area contributed by atoms with Gasteiger partial charge in [0.2, 0.25) is 0 Å². The molecule has 0 N–H and O–H groups in total. The molecule has 0 aliphatic heterocycles. The third-order valence-electron chi connectivity index (χ3n) is 4.48. The molecule has 1 aromatic rings. The van der Waals surface area contributed by atoms with Gasteiger partial charge in [-0.05, 0) is 31.4 Å². The predicted molar refractivity (Wildman–Crippen MR) is 97.4 cm³/mol. The lowest BCUT2D eigenvalue weighted by atomic mass is 9.93. The van der Waals surface area contributed by atoms with Gasteiger partial charge in [-0.1, -0.05) is 61.9 Å². The second kappa shape index (κ2) is 10.2. The average molecular weight is 362 g/mol. The predicted octanol–water partition coefficient (Wildman–Crippen LogP) is 4.80. The summed E-state index contributed by atoms with van der Waals surface area (Å²) in [5.74, 6) is -0.124. The number of benzene rings is 1. The third-order valence-corrected chi connectivity index (χ3v) is 5.60. The van der Waals surface area contributed by atoms with Gasteiger partial charge in [-0.25, -0.2) is 0 Å². The SMILES string of the molecule is N#CC1CCCCCCCCCC(=NOS(=O)(=O)c2ccccc2)C1. The summed E-state index contributed by atoms with van der Waals surface area (Å²) in [6.07, 6.45) is 9.90. The molecule has 0 amide bonds. The maximum atomic E-state index is 12.2. The highest BCUT2D eigenvalue weighted by Crippen LogP contribution is 2.20. The summed E-state index contributed by atoms with van der Waals surface area (Å²) in [6.45, 7) is 0. The molecule has 0 saturated heterocycles. The van der Waals surface area contributed by atoms with Crippen molar-refractivity contribution in [3.05, 3.63) is 30.3 Å². The van der Waals surface area contributed by atoms with E-state index in [1.807, 2.05) is 0 Å². The topological polar surface area (TPSA) is 79.5 Å². The van der Waals surface area contributed by atoms with Crippen molar-refractivity contribution in [2.24, 2.45) is 11.1 Å². The first kappa shape index (κ1) is 19.5. The molecular formula is C19H26N2O3S. The minimum absolute atomic E-state index is 0.0873. The molecule has 1 aromatic carbocycles. The fourth-order valence-corrected chi connectivity index (χ4v) is 3.80. The first-order valence-electron chi connectivity index (χ1n) is 9.06. The lowest BCUT2D eigenvalue weighted by Crippen LogP contribution is -2.11. The van der Waals surface area contributed by atoms with Gasteiger partial charge in [-0.3, -0.25) is 4.28 Å². The normalized spacial score (nSPS) is 22.4. The van der Waals surface area contributed by atoms with Crippen LogP contribution in [0.25, 0.3) is 0 Å². The van der Waals surface area contributed by atoms with Gasteiger partial charge in [0, 0.05) is 6.42 Å². The van der Waals surface area contributed by atoms with Crippen molar-refractivity contribution in [1.29, 1.82) is 5.26 Å². The fraction of sp³-hybridized carbons (Fsp3) is 0.579. The number of hydrogen-bond donors (Lipinski definition) is 0. The summed E-state index contributed by atoms with van der Waals surface area (Å²) >= 11 is 0. The number of nitriles is 1. The van der Waals surface area contributed by atoms with Gasteiger partial charge in [0.05, 0.1) is 17.7 Å². The van der Waals surface area contributed by atoms with Gasteiger partial charge in [0.15, 0.2) is 0 Å². The van der Waals surface area contributed by atoms with E-state index in [9.17, 15) is 13.7 Å². The minimum atomic E-state index is -3.90. The number of rotatable bonds is 3. The average Bonchev–Trinajstić information content (AvgIpc) is 2.62. The highest BCUT2D eigenvalue weighted by Gasteiger charge is 2.17. The van der Waals surface area contributed by atoms with Gasteiger partial charge in [0.25, 0.3) is 0 Å². The van der Waals surface area contributed by atoms with Crippen LogP contribution < -0.4 is 0 Å². The molecule has 136 valence electrons. The quantitative estimate of drug-likeness (QED) is 0.723. The Morgan fingerprint density at radius 3 is 2.32 bits per heavy atom. The monoisotopic (exact) mass is 362 g/mol. The molecule has 0 spiro atoms. The summed E-state index contributed by atoms with van der Waals surface area (Å²) in [6, 6.07) is 10.3. The third kappa shape index (κ3) is 6.87. The Morgan fingerprint density at radius 2 is 1.64 bits per heavy atom. The maximum Gasteiger partial charge on any atom is 0.358 e. The standard InChI is InChI=1S/C19H26N2O3S/c20-16-17-11-7-4-2-1-3-5-8-12-18(15-17)21-24-25(22,23)19-13-9-6-10-14-19/h6,9-10,13-14,17H,1-5,7-8,11-12,15H2. The van der Waals surface area contributed by atoms with Crippen LogP contribution in [0.2, 0.25) is 0 Å². The zero-order valence-electron chi connectivity index (χ0n) is 14.6. The molecule has 2 rings (SSSR count). The first-order chi connectivity index (χ1) is 12.1. The van der Waals surface area contributed by atoms with Crippen LogP contribution in [-0.2, 0) is 14.4 Å². The summed E-state index contributed by atoms with van der Waals surface area (Å²) in [5, 5.41) is 13.3. The van der Waals surface area contributed by atoms with Gasteiger partial charge in [-0.2, -0.15) is 13.7 Å². The Morgan fingerprint density at radius 1 is 1.00 bits per heavy atom. The fourth-order valence-electron chi connectivity index (χ4n) is 3.02. The molecule has 0 bridgehead atoms. The Kier molecular flexibility index (Phi) is 7.93. The van der Waals surface area contributed by atoms with Crippen molar-refractivity contribution < 1.29 is 12.7 Å². The van der Waals surface area contributed by atoms with Gasteiger partial charge < -0.3 is 0 Å². The summed E-state index contributed by atoms with van der Waals surface area (Å²) < 4.78 is 29.3. The molecule has 1 atom stereocenters. The van der Waals surface area contributed by atoms with Crippen LogP contribution in [0.5, 0.6) is 0 Å². The Balaban J connectivity index is 2.08. The lowest BCUT2D eigenvalue weighted by molar-refractivity contribution is 0.334. The molecular weight excluding hydrogens is 336 g/mol. The number of oxime groups is 1. The molecule has 1 unspecified atom stereocenters. The number of hydrogen-bond acceptors (Lipinski definition) is 5. The van der Waals surface area contributed by atoms with E-state index in [0.29, 0.717) is 18.6 Å². The van der Waals surface area contributed by atoms with Gasteiger partial charge >= 0.3 is 10.1 Å². The summed E-state index contributed by atoms with van der Waals surface area (Å²) in [4.78, 5) is 0.0873.